The highest BCUT2D eigenvalue weighted by Gasteiger charge is 2.34. The third-order valence-electron chi connectivity index (χ3n) is 4.97. The van der Waals surface area contributed by atoms with Crippen LogP contribution in [0.15, 0.2) is 76.1 Å². The normalized spacial score (nSPS) is 14.3. The summed E-state index contributed by atoms with van der Waals surface area (Å²) < 4.78 is 12.7. The predicted molar refractivity (Wildman–Crippen MR) is 150 cm³/mol. The minimum absolute atomic E-state index is 0.238. The second kappa shape index (κ2) is 11.9. The first kappa shape index (κ1) is 26.2. The van der Waals surface area contributed by atoms with Crippen molar-refractivity contribution in [1.82, 2.24) is 10.4 Å². The number of nitrogens with one attached hydrogen (secondary N) is 1. The minimum Gasteiger partial charge on any atom is -0.490 e. The van der Waals surface area contributed by atoms with E-state index in [1.54, 1.807) is 48.5 Å². The Morgan fingerprint density at radius 2 is 1.86 bits per heavy atom. The van der Waals surface area contributed by atoms with Crippen molar-refractivity contribution >= 4 is 73.7 Å². The fraction of sp³-hybridized carbons (Fsp3) is 0.115. The quantitative estimate of drug-likeness (QED) is 0.230. The van der Waals surface area contributed by atoms with Crippen LogP contribution in [0.25, 0.3) is 6.08 Å². The van der Waals surface area contributed by atoms with Crippen LogP contribution in [0, 0.1) is 0 Å². The number of rotatable bonds is 8. The summed E-state index contributed by atoms with van der Waals surface area (Å²) in [6.45, 7) is 2.64. The molecule has 6 nitrogen and oxygen atoms in total. The second-order valence-electron chi connectivity index (χ2n) is 7.50. The Hall–Kier alpha value is -2.85. The number of amides is 2. The number of halogens is 2. The topological polar surface area (TPSA) is 67.9 Å². The number of nitrogens with zero attached hydrogens (tertiary/aromatic N) is 1. The molecule has 0 radical (unpaired) electrons. The van der Waals surface area contributed by atoms with Crippen molar-refractivity contribution in [1.29, 1.82) is 0 Å². The van der Waals surface area contributed by atoms with Gasteiger partial charge in [0.25, 0.3) is 11.8 Å². The van der Waals surface area contributed by atoms with Crippen molar-refractivity contribution in [2.75, 3.05) is 6.61 Å². The number of thiocarbonyl (C=S) groups is 1. The summed E-state index contributed by atoms with van der Waals surface area (Å²) in [6, 6.07) is 19.6. The number of ether oxygens (including phenoxy) is 2. The van der Waals surface area contributed by atoms with Gasteiger partial charge in [-0.1, -0.05) is 53.7 Å². The van der Waals surface area contributed by atoms with Crippen LogP contribution in [0.1, 0.15) is 28.4 Å². The molecule has 1 heterocycles. The summed E-state index contributed by atoms with van der Waals surface area (Å²) in [6.07, 6.45) is 1.70. The third kappa shape index (κ3) is 6.28. The summed E-state index contributed by atoms with van der Waals surface area (Å²) in [5.41, 5.74) is 4.67. The lowest BCUT2D eigenvalue weighted by Gasteiger charge is -2.16. The van der Waals surface area contributed by atoms with E-state index >= 15 is 0 Å². The van der Waals surface area contributed by atoms with Crippen LogP contribution in [0.5, 0.6) is 11.5 Å². The molecule has 2 amide bonds. The number of hydrazine groups is 1. The molecule has 3 aromatic rings. The zero-order valence-corrected chi connectivity index (χ0v) is 23.0. The van der Waals surface area contributed by atoms with E-state index in [1.165, 1.54) is 0 Å². The number of thioether (sulfide) groups is 1. The lowest BCUT2D eigenvalue weighted by Crippen LogP contribution is -2.44. The fourth-order valence-corrected chi connectivity index (χ4v) is 5.16. The lowest BCUT2D eigenvalue weighted by molar-refractivity contribution is -0.123. The number of hydrogen-bond acceptors (Lipinski definition) is 6. The number of benzene rings is 3. The molecule has 0 saturated carbocycles. The monoisotopic (exact) mass is 602 g/mol. The van der Waals surface area contributed by atoms with Gasteiger partial charge in [-0.3, -0.25) is 15.0 Å². The van der Waals surface area contributed by atoms with Gasteiger partial charge >= 0.3 is 0 Å². The van der Waals surface area contributed by atoms with Crippen LogP contribution in [0.3, 0.4) is 0 Å². The third-order valence-corrected chi connectivity index (χ3v) is 7.11. The van der Waals surface area contributed by atoms with Crippen molar-refractivity contribution in [3.8, 4) is 11.5 Å². The second-order valence-corrected chi connectivity index (χ2v) is 10.5. The largest absolute Gasteiger partial charge is 0.490 e. The van der Waals surface area contributed by atoms with Crippen molar-refractivity contribution in [2.45, 2.75) is 13.5 Å². The molecule has 0 atom stereocenters. The van der Waals surface area contributed by atoms with E-state index in [0.29, 0.717) is 50.2 Å². The highest BCUT2D eigenvalue weighted by molar-refractivity contribution is 9.10. The maximum atomic E-state index is 13.0. The van der Waals surface area contributed by atoms with Gasteiger partial charge < -0.3 is 9.47 Å². The summed E-state index contributed by atoms with van der Waals surface area (Å²) in [4.78, 5) is 25.9. The van der Waals surface area contributed by atoms with Gasteiger partial charge in [0.05, 0.1) is 16.0 Å². The smallest absolute Gasteiger partial charge is 0.285 e. The van der Waals surface area contributed by atoms with E-state index in [-0.39, 0.29) is 4.32 Å². The molecular weight excluding hydrogens is 584 g/mol. The van der Waals surface area contributed by atoms with Crippen molar-refractivity contribution in [3.63, 3.8) is 0 Å². The van der Waals surface area contributed by atoms with Crippen molar-refractivity contribution in [2.24, 2.45) is 0 Å². The molecule has 0 bridgehead atoms. The lowest BCUT2D eigenvalue weighted by atomic mass is 10.1. The molecule has 4 rings (SSSR count). The molecule has 1 N–H and O–H groups in total. The molecule has 3 aromatic carbocycles. The molecule has 0 aromatic heterocycles. The van der Waals surface area contributed by atoms with Crippen LogP contribution >= 0.6 is 51.5 Å². The van der Waals surface area contributed by atoms with Gasteiger partial charge in [-0.05, 0) is 88.7 Å². The Morgan fingerprint density at radius 1 is 1.14 bits per heavy atom. The van der Waals surface area contributed by atoms with E-state index in [2.05, 4.69) is 21.4 Å². The first-order valence-electron chi connectivity index (χ1n) is 10.8. The Morgan fingerprint density at radius 3 is 2.56 bits per heavy atom. The Balaban J connectivity index is 1.53. The van der Waals surface area contributed by atoms with Gasteiger partial charge in [-0.25, -0.2) is 0 Å². The zero-order chi connectivity index (χ0) is 25.7. The Labute approximate surface area is 231 Å². The van der Waals surface area contributed by atoms with Gasteiger partial charge in [-0.15, -0.1) is 0 Å². The van der Waals surface area contributed by atoms with Crippen LogP contribution in [0.4, 0.5) is 0 Å². The van der Waals surface area contributed by atoms with Crippen molar-refractivity contribution < 1.29 is 19.1 Å². The number of carbonyl (C=O) groups excluding carboxylic acids is 2. The average molecular weight is 604 g/mol. The van der Waals surface area contributed by atoms with Gasteiger partial charge in [0.15, 0.2) is 15.8 Å². The highest BCUT2D eigenvalue weighted by Crippen LogP contribution is 2.39. The number of hydrogen-bond donors (Lipinski definition) is 1. The number of carbonyl (C=O) groups is 2. The van der Waals surface area contributed by atoms with Gasteiger partial charge in [0, 0.05) is 10.6 Å². The van der Waals surface area contributed by atoms with E-state index in [9.17, 15) is 9.59 Å². The molecular formula is C26H20BrClN2O4S2. The van der Waals surface area contributed by atoms with Gasteiger partial charge in [0.1, 0.15) is 6.61 Å². The van der Waals surface area contributed by atoms with E-state index in [4.69, 9.17) is 33.3 Å². The first-order chi connectivity index (χ1) is 17.4. The first-order valence-corrected chi connectivity index (χ1v) is 13.2. The van der Waals surface area contributed by atoms with Gasteiger partial charge in [0.2, 0.25) is 0 Å². The zero-order valence-electron chi connectivity index (χ0n) is 19.0. The fourth-order valence-electron chi connectivity index (χ4n) is 3.28. The Bertz CT molecular complexity index is 1330. The summed E-state index contributed by atoms with van der Waals surface area (Å²) in [5, 5.41) is 1.74. The molecule has 1 saturated heterocycles. The molecule has 184 valence electrons. The summed E-state index contributed by atoms with van der Waals surface area (Å²) in [5.74, 6) is 0.245. The minimum atomic E-state index is -0.420. The van der Waals surface area contributed by atoms with E-state index in [1.807, 2.05) is 31.2 Å². The standard InChI is InChI=1S/C26H20BrClN2O4S2/c1-2-33-21-13-17(12-20(27)23(21)34-15-16-8-10-19(28)11-9-16)14-22-25(32)30(26(35)36-22)29-24(31)18-6-4-3-5-7-18/h3-14H,2,15H2,1H3,(H,29,31)/b22-14-. The van der Waals surface area contributed by atoms with Crippen LogP contribution in [-0.4, -0.2) is 27.8 Å². The highest BCUT2D eigenvalue weighted by atomic mass is 79.9. The maximum Gasteiger partial charge on any atom is 0.285 e. The molecule has 1 fully saturated rings. The van der Waals surface area contributed by atoms with E-state index in [0.717, 1.165) is 22.3 Å². The molecule has 0 aliphatic carbocycles. The van der Waals surface area contributed by atoms with Crippen LogP contribution in [-0.2, 0) is 11.4 Å². The van der Waals surface area contributed by atoms with E-state index < -0.39 is 11.8 Å². The molecule has 10 heteroatoms. The van der Waals surface area contributed by atoms with Crippen LogP contribution < -0.4 is 14.9 Å². The van der Waals surface area contributed by atoms with Gasteiger partial charge in [-0.2, -0.15) is 5.01 Å². The molecule has 0 spiro atoms. The molecule has 36 heavy (non-hydrogen) atoms. The van der Waals surface area contributed by atoms with Crippen LogP contribution in [0.2, 0.25) is 5.02 Å². The maximum absolute atomic E-state index is 13.0. The SMILES string of the molecule is CCOc1cc(/C=C2\SC(=S)N(NC(=O)c3ccccc3)C2=O)cc(Br)c1OCc1ccc(Cl)cc1. The van der Waals surface area contributed by atoms with Crippen molar-refractivity contribution in [3.05, 3.63) is 97.8 Å². The molecule has 0 unspecified atom stereocenters. The average Bonchev–Trinajstić information content (AvgIpc) is 3.12. The molecule has 1 aliphatic heterocycles. The molecule has 1 aliphatic rings. The predicted octanol–water partition coefficient (Wildman–Crippen LogP) is 6.63. The Kier molecular flexibility index (Phi) is 8.68. The summed E-state index contributed by atoms with van der Waals surface area (Å²) in [7, 11) is 0. The summed E-state index contributed by atoms with van der Waals surface area (Å²) >= 11 is 16.0.